The van der Waals surface area contributed by atoms with E-state index < -0.39 is 0 Å². The van der Waals surface area contributed by atoms with Crippen LogP contribution >= 0.6 is 0 Å². The highest BCUT2D eigenvalue weighted by atomic mass is 16.6. The van der Waals surface area contributed by atoms with E-state index in [9.17, 15) is 14.9 Å². The lowest BCUT2D eigenvalue weighted by molar-refractivity contribution is -0.384. The van der Waals surface area contributed by atoms with Crippen molar-refractivity contribution in [1.29, 1.82) is 0 Å². The number of carbonyl (C=O) groups excluding carboxylic acids is 1. The van der Waals surface area contributed by atoms with E-state index >= 15 is 0 Å². The topological polar surface area (TPSA) is 75.9 Å². The van der Waals surface area contributed by atoms with Crippen molar-refractivity contribution in [3.05, 3.63) is 69.8 Å². The molecule has 0 spiro atoms. The van der Waals surface area contributed by atoms with Crippen LogP contribution in [0.15, 0.2) is 48.5 Å². The van der Waals surface area contributed by atoms with E-state index in [0.717, 1.165) is 18.7 Å². The van der Waals surface area contributed by atoms with E-state index in [1.54, 1.807) is 31.4 Å². The Labute approximate surface area is 151 Å². The summed E-state index contributed by atoms with van der Waals surface area (Å²) in [5.74, 6) is 0.550. The number of non-ortho nitro benzene ring substituents is 1. The highest BCUT2D eigenvalue weighted by Gasteiger charge is 2.24. The minimum atomic E-state index is -0.382. The maximum atomic E-state index is 12.7. The molecule has 3 rings (SSSR count). The van der Waals surface area contributed by atoms with E-state index in [1.165, 1.54) is 6.07 Å². The van der Waals surface area contributed by atoms with Crippen LogP contribution in [-0.4, -0.2) is 53.9 Å². The third kappa shape index (κ3) is 4.00. The van der Waals surface area contributed by atoms with Gasteiger partial charge in [-0.05, 0) is 17.7 Å². The van der Waals surface area contributed by atoms with Crippen LogP contribution < -0.4 is 4.74 Å². The maximum absolute atomic E-state index is 12.7. The lowest BCUT2D eigenvalue weighted by Gasteiger charge is -2.35. The van der Waals surface area contributed by atoms with Crippen LogP contribution in [0.5, 0.6) is 5.75 Å². The number of ether oxygens (including phenoxy) is 1. The summed E-state index contributed by atoms with van der Waals surface area (Å²) in [6, 6.07) is 13.9. The lowest BCUT2D eigenvalue weighted by Crippen LogP contribution is -2.48. The summed E-state index contributed by atoms with van der Waals surface area (Å²) < 4.78 is 5.27. The van der Waals surface area contributed by atoms with Crippen molar-refractivity contribution in [2.24, 2.45) is 0 Å². The number of para-hydroxylation sites is 1. The number of hydrogen-bond donors (Lipinski definition) is 0. The Balaban J connectivity index is 1.60. The number of carbonyl (C=O) groups is 1. The number of nitro benzene ring substituents is 1. The van der Waals surface area contributed by atoms with Crippen LogP contribution in [0.3, 0.4) is 0 Å². The normalized spacial score (nSPS) is 14.9. The Hall–Kier alpha value is -2.93. The summed E-state index contributed by atoms with van der Waals surface area (Å²) in [6.07, 6.45) is 0. The number of nitrogens with zero attached hydrogens (tertiary/aromatic N) is 3. The van der Waals surface area contributed by atoms with Crippen molar-refractivity contribution in [1.82, 2.24) is 9.80 Å². The van der Waals surface area contributed by atoms with E-state index in [1.807, 2.05) is 23.1 Å². The Morgan fingerprint density at radius 1 is 1.12 bits per heavy atom. The van der Waals surface area contributed by atoms with Gasteiger partial charge in [-0.3, -0.25) is 19.8 Å². The fourth-order valence-electron chi connectivity index (χ4n) is 3.13. The molecule has 0 N–H and O–H groups in total. The monoisotopic (exact) mass is 355 g/mol. The molecule has 1 saturated heterocycles. The first kappa shape index (κ1) is 17.9. The molecule has 0 atom stereocenters. The number of nitro groups is 1. The molecule has 7 nitrogen and oxygen atoms in total. The molecular weight excluding hydrogens is 334 g/mol. The van der Waals surface area contributed by atoms with Gasteiger partial charge in [-0.15, -0.1) is 0 Å². The largest absolute Gasteiger partial charge is 0.496 e. The lowest BCUT2D eigenvalue weighted by atomic mass is 10.1. The molecule has 2 aromatic carbocycles. The first-order valence-electron chi connectivity index (χ1n) is 8.46. The molecule has 136 valence electrons. The zero-order valence-corrected chi connectivity index (χ0v) is 14.6. The van der Waals surface area contributed by atoms with E-state index in [4.69, 9.17) is 4.74 Å². The first-order chi connectivity index (χ1) is 12.6. The molecule has 0 unspecified atom stereocenters. The van der Waals surface area contributed by atoms with Crippen LogP contribution in [0.1, 0.15) is 15.9 Å². The fourth-order valence-corrected chi connectivity index (χ4v) is 3.13. The molecule has 1 fully saturated rings. The summed E-state index contributed by atoms with van der Waals surface area (Å²) in [7, 11) is 1.56. The predicted octanol–water partition coefficient (Wildman–Crippen LogP) is 2.56. The Kier molecular flexibility index (Phi) is 5.48. The third-order valence-electron chi connectivity index (χ3n) is 4.52. The number of rotatable bonds is 5. The molecule has 1 aliphatic rings. The summed E-state index contributed by atoms with van der Waals surface area (Å²) >= 11 is 0. The second kappa shape index (κ2) is 7.97. The average Bonchev–Trinajstić information content (AvgIpc) is 2.68. The van der Waals surface area contributed by atoms with Gasteiger partial charge < -0.3 is 9.64 Å². The van der Waals surface area contributed by atoms with Gasteiger partial charge >= 0.3 is 0 Å². The van der Waals surface area contributed by atoms with Gasteiger partial charge in [-0.1, -0.05) is 24.3 Å². The van der Waals surface area contributed by atoms with Crippen LogP contribution in [0.2, 0.25) is 0 Å². The summed E-state index contributed by atoms with van der Waals surface area (Å²) in [6.45, 7) is 3.32. The SMILES string of the molecule is COc1ccccc1C(=O)N1CCN(Cc2cccc([N+](=O)[O-])c2)CC1. The molecule has 0 radical (unpaired) electrons. The standard InChI is InChI=1S/C19H21N3O4/c1-26-18-8-3-2-7-17(18)19(23)21-11-9-20(10-12-21)14-15-5-4-6-16(13-15)22(24)25/h2-8,13H,9-12,14H2,1H3. The second-order valence-corrected chi connectivity index (χ2v) is 6.20. The predicted molar refractivity (Wildman–Crippen MR) is 97.3 cm³/mol. The van der Waals surface area contributed by atoms with Crippen LogP contribution in [0.4, 0.5) is 5.69 Å². The van der Waals surface area contributed by atoms with Crippen LogP contribution in [0, 0.1) is 10.1 Å². The molecule has 0 bridgehead atoms. The molecule has 0 aromatic heterocycles. The minimum Gasteiger partial charge on any atom is -0.496 e. The molecular formula is C19H21N3O4. The second-order valence-electron chi connectivity index (χ2n) is 6.20. The smallest absolute Gasteiger partial charge is 0.269 e. The van der Waals surface area contributed by atoms with Gasteiger partial charge in [0.2, 0.25) is 0 Å². The number of methoxy groups -OCH3 is 1. The highest BCUT2D eigenvalue weighted by Crippen LogP contribution is 2.21. The highest BCUT2D eigenvalue weighted by molar-refractivity contribution is 5.97. The van der Waals surface area contributed by atoms with Crippen molar-refractivity contribution in [3.8, 4) is 5.75 Å². The molecule has 1 heterocycles. The molecule has 2 aromatic rings. The van der Waals surface area contributed by atoms with Crippen molar-refractivity contribution in [3.63, 3.8) is 0 Å². The minimum absolute atomic E-state index is 0.0301. The van der Waals surface area contributed by atoms with Crippen LogP contribution in [0.25, 0.3) is 0 Å². The van der Waals surface area contributed by atoms with Crippen molar-refractivity contribution < 1.29 is 14.5 Å². The number of amides is 1. The van der Waals surface area contributed by atoms with Gasteiger partial charge in [0.25, 0.3) is 11.6 Å². The summed E-state index contributed by atoms with van der Waals surface area (Å²) in [4.78, 5) is 27.2. The Bertz CT molecular complexity index is 801. The van der Waals surface area contributed by atoms with Gasteiger partial charge in [0.05, 0.1) is 17.6 Å². The number of piperazine rings is 1. The number of benzene rings is 2. The van der Waals surface area contributed by atoms with Gasteiger partial charge in [-0.2, -0.15) is 0 Å². The Morgan fingerprint density at radius 2 is 1.85 bits per heavy atom. The fraction of sp³-hybridized carbons (Fsp3) is 0.316. The van der Waals surface area contributed by atoms with Gasteiger partial charge in [0.15, 0.2) is 0 Å². The van der Waals surface area contributed by atoms with Gasteiger partial charge in [-0.25, -0.2) is 0 Å². The van der Waals surface area contributed by atoms with E-state index in [0.29, 0.717) is 30.9 Å². The third-order valence-corrected chi connectivity index (χ3v) is 4.52. The maximum Gasteiger partial charge on any atom is 0.269 e. The number of hydrogen-bond acceptors (Lipinski definition) is 5. The van der Waals surface area contributed by atoms with E-state index in [-0.39, 0.29) is 16.5 Å². The quantitative estimate of drug-likeness (QED) is 0.609. The first-order valence-corrected chi connectivity index (χ1v) is 8.46. The van der Waals surface area contributed by atoms with Crippen molar-refractivity contribution >= 4 is 11.6 Å². The summed E-state index contributed by atoms with van der Waals surface area (Å²) in [5, 5.41) is 10.9. The Morgan fingerprint density at radius 3 is 2.54 bits per heavy atom. The van der Waals surface area contributed by atoms with Crippen molar-refractivity contribution in [2.75, 3.05) is 33.3 Å². The average molecular weight is 355 g/mol. The molecule has 1 aliphatic heterocycles. The molecule has 0 aliphatic carbocycles. The van der Waals surface area contributed by atoms with Crippen molar-refractivity contribution in [2.45, 2.75) is 6.54 Å². The molecule has 26 heavy (non-hydrogen) atoms. The molecule has 7 heteroatoms. The van der Waals surface area contributed by atoms with E-state index in [2.05, 4.69) is 4.90 Å². The zero-order valence-electron chi connectivity index (χ0n) is 14.6. The molecule has 0 saturated carbocycles. The molecule has 1 amide bonds. The summed E-state index contributed by atoms with van der Waals surface area (Å²) in [5.41, 5.74) is 1.58. The van der Waals surface area contributed by atoms with Gasteiger partial charge in [0.1, 0.15) is 5.75 Å². The zero-order chi connectivity index (χ0) is 18.5. The van der Waals surface area contributed by atoms with Crippen LogP contribution in [-0.2, 0) is 6.54 Å². The van der Waals surface area contributed by atoms with Gasteiger partial charge in [0, 0.05) is 44.9 Å².